The third kappa shape index (κ3) is 5.45. The first kappa shape index (κ1) is 19.2. The lowest BCUT2D eigenvalue weighted by Gasteiger charge is -2.12. The summed E-state index contributed by atoms with van der Waals surface area (Å²) in [5.74, 6) is 0.851. The van der Waals surface area contributed by atoms with Crippen molar-refractivity contribution in [2.24, 2.45) is 0 Å². The number of nitrogens with one attached hydrogen (secondary N) is 1. The van der Waals surface area contributed by atoms with Crippen molar-refractivity contribution >= 4 is 11.9 Å². The van der Waals surface area contributed by atoms with Crippen LogP contribution in [-0.2, 0) is 22.7 Å². The maximum absolute atomic E-state index is 12.3. The number of esters is 1. The van der Waals surface area contributed by atoms with Gasteiger partial charge in [0.05, 0.1) is 5.56 Å². The predicted molar refractivity (Wildman–Crippen MR) is 106 cm³/mol. The lowest BCUT2D eigenvalue weighted by molar-refractivity contribution is -0.119. The Bertz CT molecular complexity index is 936. The van der Waals surface area contributed by atoms with Gasteiger partial charge in [0.1, 0.15) is 18.1 Å². The number of hydrogen-bond donors (Lipinski definition) is 1. The summed E-state index contributed by atoms with van der Waals surface area (Å²) in [6.07, 6.45) is 0. The van der Waals surface area contributed by atoms with Crippen molar-refractivity contribution in [1.82, 2.24) is 5.32 Å². The lowest BCUT2D eigenvalue weighted by Crippen LogP contribution is -2.18. The average Bonchev–Trinajstić information content (AvgIpc) is 2.72. The highest BCUT2D eigenvalue weighted by atomic mass is 16.5. The van der Waals surface area contributed by atoms with E-state index < -0.39 is 5.97 Å². The summed E-state index contributed by atoms with van der Waals surface area (Å²) in [6.45, 7) is 2.00. The largest absolute Gasteiger partial charge is 0.457 e. The van der Waals surface area contributed by atoms with E-state index in [1.54, 1.807) is 24.3 Å². The van der Waals surface area contributed by atoms with Crippen LogP contribution in [0, 0.1) is 0 Å². The van der Waals surface area contributed by atoms with Gasteiger partial charge in [-0.2, -0.15) is 0 Å². The number of amides is 1. The van der Waals surface area contributed by atoms with Crippen LogP contribution in [0.4, 0.5) is 0 Å². The topological polar surface area (TPSA) is 64.6 Å². The molecule has 28 heavy (non-hydrogen) atoms. The number of hydrogen-bond acceptors (Lipinski definition) is 4. The summed E-state index contributed by atoms with van der Waals surface area (Å²) < 4.78 is 11.3. The van der Waals surface area contributed by atoms with E-state index in [0.29, 0.717) is 17.9 Å². The van der Waals surface area contributed by atoms with Crippen LogP contribution in [0.2, 0.25) is 0 Å². The molecule has 0 saturated heterocycles. The van der Waals surface area contributed by atoms with Crippen LogP contribution in [0.1, 0.15) is 28.4 Å². The molecule has 0 unspecified atom stereocenters. The fourth-order valence-corrected chi connectivity index (χ4v) is 2.55. The van der Waals surface area contributed by atoms with E-state index in [1.807, 2.05) is 54.6 Å². The predicted octanol–water partition coefficient (Wildman–Crippen LogP) is 4.47. The average molecular weight is 375 g/mol. The standard InChI is InChI=1S/C23H21NO4/c1-17(25)24-15-18-11-13-19(14-12-18)23(26)27-16-20-7-5-6-10-22(20)28-21-8-3-2-4-9-21/h2-14H,15-16H2,1H3,(H,24,25). The molecule has 3 aromatic carbocycles. The third-order valence-electron chi connectivity index (χ3n) is 4.03. The van der Waals surface area contributed by atoms with Crippen molar-refractivity contribution in [2.45, 2.75) is 20.1 Å². The van der Waals surface area contributed by atoms with Gasteiger partial charge in [-0.1, -0.05) is 48.5 Å². The molecule has 0 heterocycles. The third-order valence-corrected chi connectivity index (χ3v) is 4.03. The molecule has 1 amide bonds. The molecule has 0 aromatic heterocycles. The van der Waals surface area contributed by atoms with Crippen LogP contribution in [-0.4, -0.2) is 11.9 Å². The van der Waals surface area contributed by atoms with Crippen molar-refractivity contribution in [1.29, 1.82) is 0 Å². The SMILES string of the molecule is CC(=O)NCc1ccc(C(=O)OCc2ccccc2Oc2ccccc2)cc1. The van der Waals surface area contributed by atoms with Gasteiger partial charge in [0.15, 0.2) is 0 Å². The van der Waals surface area contributed by atoms with Crippen molar-refractivity contribution in [3.63, 3.8) is 0 Å². The molecule has 5 nitrogen and oxygen atoms in total. The summed E-state index contributed by atoms with van der Waals surface area (Å²) in [4.78, 5) is 23.3. The Morgan fingerprint density at radius 1 is 0.857 bits per heavy atom. The number of carbonyl (C=O) groups excluding carboxylic acids is 2. The smallest absolute Gasteiger partial charge is 0.338 e. The van der Waals surface area contributed by atoms with Crippen LogP contribution in [0.3, 0.4) is 0 Å². The van der Waals surface area contributed by atoms with E-state index in [1.165, 1.54) is 6.92 Å². The number of para-hydroxylation sites is 2. The molecule has 0 bridgehead atoms. The molecule has 0 fully saturated rings. The number of benzene rings is 3. The Labute approximate surface area is 163 Å². The molecule has 0 spiro atoms. The highest BCUT2D eigenvalue weighted by Gasteiger charge is 2.10. The Morgan fingerprint density at radius 2 is 1.54 bits per heavy atom. The fourth-order valence-electron chi connectivity index (χ4n) is 2.55. The Balaban J connectivity index is 1.61. The van der Waals surface area contributed by atoms with Crippen LogP contribution < -0.4 is 10.1 Å². The number of carbonyl (C=O) groups is 2. The zero-order valence-corrected chi connectivity index (χ0v) is 15.6. The van der Waals surface area contributed by atoms with Gasteiger partial charge < -0.3 is 14.8 Å². The van der Waals surface area contributed by atoms with Gasteiger partial charge in [0, 0.05) is 19.0 Å². The Morgan fingerprint density at radius 3 is 2.25 bits per heavy atom. The molecule has 1 N–H and O–H groups in total. The summed E-state index contributed by atoms with van der Waals surface area (Å²) in [7, 11) is 0. The van der Waals surface area contributed by atoms with Crippen molar-refractivity contribution < 1.29 is 19.1 Å². The molecule has 5 heteroatoms. The summed E-state index contributed by atoms with van der Waals surface area (Å²) >= 11 is 0. The Hall–Kier alpha value is -3.60. The first-order valence-corrected chi connectivity index (χ1v) is 8.93. The molecule has 0 aliphatic rings. The monoisotopic (exact) mass is 375 g/mol. The maximum Gasteiger partial charge on any atom is 0.338 e. The quantitative estimate of drug-likeness (QED) is 0.619. The van der Waals surface area contributed by atoms with E-state index in [0.717, 1.165) is 16.9 Å². The van der Waals surface area contributed by atoms with Crippen LogP contribution >= 0.6 is 0 Å². The van der Waals surface area contributed by atoms with E-state index in [4.69, 9.17) is 9.47 Å². The molecule has 0 saturated carbocycles. The minimum absolute atomic E-state index is 0.0973. The molecule has 3 aromatic rings. The van der Waals surface area contributed by atoms with E-state index >= 15 is 0 Å². The van der Waals surface area contributed by atoms with Gasteiger partial charge in [-0.05, 0) is 35.9 Å². The minimum Gasteiger partial charge on any atom is -0.457 e. The molecule has 142 valence electrons. The second-order valence-corrected chi connectivity index (χ2v) is 6.21. The van der Waals surface area contributed by atoms with Gasteiger partial charge in [-0.25, -0.2) is 4.79 Å². The van der Waals surface area contributed by atoms with Crippen molar-refractivity contribution in [3.05, 3.63) is 95.6 Å². The molecule has 0 aliphatic carbocycles. The summed E-state index contributed by atoms with van der Waals surface area (Å²) in [5, 5.41) is 2.71. The molecule has 0 radical (unpaired) electrons. The molecular weight excluding hydrogens is 354 g/mol. The van der Waals surface area contributed by atoms with Crippen molar-refractivity contribution in [3.8, 4) is 11.5 Å². The van der Waals surface area contributed by atoms with Gasteiger partial charge in [-0.15, -0.1) is 0 Å². The van der Waals surface area contributed by atoms with Gasteiger partial charge >= 0.3 is 5.97 Å². The first-order valence-electron chi connectivity index (χ1n) is 8.93. The fraction of sp³-hybridized carbons (Fsp3) is 0.130. The zero-order valence-electron chi connectivity index (χ0n) is 15.6. The second kappa shape index (κ2) is 9.37. The first-order chi connectivity index (χ1) is 13.6. The van der Waals surface area contributed by atoms with Crippen LogP contribution in [0.15, 0.2) is 78.9 Å². The van der Waals surface area contributed by atoms with Crippen LogP contribution in [0.25, 0.3) is 0 Å². The minimum atomic E-state index is -0.416. The Kier molecular flexibility index (Phi) is 6.41. The second-order valence-electron chi connectivity index (χ2n) is 6.21. The van der Waals surface area contributed by atoms with Gasteiger partial charge in [0.2, 0.25) is 5.91 Å². The maximum atomic E-state index is 12.3. The summed E-state index contributed by atoms with van der Waals surface area (Å²) in [5.41, 5.74) is 2.14. The summed E-state index contributed by atoms with van der Waals surface area (Å²) in [6, 6.07) is 23.8. The normalized spacial score (nSPS) is 10.2. The van der Waals surface area contributed by atoms with E-state index in [2.05, 4.69) is 5.32 Å². The highest BCUT2D eigenvalue weighted by molar-refractivity contribution is 5.89. The van der Waals surface area contributed by atoms with E-state index in [-0.39, 0.29) is 12.5 Å². The number of ether oxygens (including phenoxy) is 2. The zero-order chi connectivity index (χ0) is 19.8. The van der Waals surface area contributed by atoms with Gasteiger partial charge in [0.25, 0.3) is 0 Å². The van der Waals surface area contributed by atoms with Gasteiger partial charge in [-0.3, -0.25) is 4.79 Å². The lowest BCUT2D eigenvalue weighted by atomic mass is 10.1. The highest BCUT2D eigenvalue weighted by Crippen LogP contribution is 2.25. The molecule has 3 rings (SSSR count). The molecule has 0 atom stereocenters. The molecule has 0 aliphatic heterocycles. The number of rotatable bonds is 7. The van der Waals surface area contributed by atoms with Crippen molar-refractivity contribution in [2.75, 3.05) is 0 Å². The van der Waals surface area contributed by atoms with Crippen LogP contribution in [0.5, 0.6) is 11.5 Å². The molecular formula is C23H21NO4. The van der Waals surface area contributed by atoms with E-state index in [9.17, 15) is 9.59 Å².